The molecular formula is C13H21NO2. The van der Waals surface area contributed by atoms with Crippen molar-refractivity contribution >= 4 is 0 Å². The molecule has 0 atom stereocenters. The summed E-state index contributed by atoms with van der Waals surface area (Å²) in [5.41, 5.74) is 1.10. The van der Waals surface area contributed by atoms with Gasteiger partial charge < -0.3 is 14.8 Å². The van der Waals surface area contributed by atoms with Crippen molar-refractivity contribution in [3.05, 3.63) is 29.8 Å². The monoisotopic (exact) mass is 223 g/mol. The Morgan fingerprint density at radius 2 is 2.00 bits per heavy atom. The predicted molar refractivity (Wildman–Crippen MR) is 65.8 cm³/mol. The highest BCUT2D eigenvalue weighted by Gasteiger charge is 2.00. The van der Waals surface area contributed by atoms with Gasteiger partial charge >= 0.3 is 0 Å². The lowest BCUT2D eigenvalue weighted by molar-refractivity contribution is 0.121. The number of rotatable bonds is 8. The van der Waals surface area contributed by atoms with Crippen LogP contribution in [0.4, 0.5) is 0 Å². The van der Waals surface area contributed by atoms with Crippen molar-refractivity contribution in [2.45, 2.75) is 20.0 Å². The average molecular weight is 223 g/mol. The van der Waals surface area contributed by atoms with Gasteiger partial charge in [-0.2, -0.15) is 0 Å². The van der Waals surface area contributed by atoms with Crippen molar-refractivity contribution in [3.63, 3.8) is 0 Å². The summed E-state index contributed by atoms with van der Waals surface area (Å²) >= 11 is 0. The summed E-state index contributed by atoms with van der Waals surface area (Å²) in [4.78, 5) is 0. The van der Waals surface area contributed by atoms with E-state index in [2.05, 4.69) is 12.2 Å². The average Bonchev–Trinajstić information content (AvgIpc) is 2.34. The van der Waals surface area contributed by atoms with Crippen LogP contribution in [-0.2, 0) is 11.3 Å². The maximum atomic E-state index is 5.57. The first-order valence-electron chi connectivity index (χ1n) is 5.78. The molecule has 0 spiro atoms. The number of methoxy groups -OCH3 is 1. The van der Waals surface area contributed by atoms with Crippen molar-refractivity contribution in [2.75, 3.05) is 26.8 Å². The second kappa shape index (κ2) is 8.13. The first kappa shape index (κ1) is 13.0. The highest BCUT2D eigenvalue weighted by molar-refractivity contribution is 5.32. The van der Waals surface area contributed by atoms with Gasteiger partial charge in [0.15, 0.2) is 0 Å². The Bertz CT molecular complexity index is 289. The molecule has 1 aromatic rings. The molecule has 1 rings (SSSR count). The highest BCUT2D eigenvalue weighted by atomic mass is 16.5. The van der Waals surface area contributed by atoms with Crippen LogP contribution in [0.25, 0.3) is 0 Å². The van der Waals surface area contributed by atoms with Crippen molar-refractivity contribution in [1.82, 2.24) is 5.32 Å². The van der Waals surface area contributed by atoms with E-state index in [0.29, 0.717) is 6.61 Å². The number of para-hydroxylation sites is 1. The molecule has 1 aromatic carbocycles. The molecule has 0 fully saturated rings. The van der Waals surface area contributed by atoms with E-state index >= 15 is 0 Å². The maximum absolute atomic E-state index is 5.57. The number of benzene rings is 1. The van der Waals surface area contributed by atoms with Crippen LogP contribution in [-0.4, -0.2) is 26.8 Å². The molecule has 0 saturated heterocycles. The number of nitrogens with one attached hydrogen (secondary N) is 1. The van der Waals surface area contributed by atoms with E-state index in [-0.39, 0.29) is 0 Å². The standard InChI is InChI=1S/C13H21NO2/c1-3-8-14-9-10-16-11-12-6-4-5-7-13(12)15-2/h4-7,14H,3,8-11H2,1-2H3. The summed E-state index contributed by atoms with van der Waals surface area (Å²) in [6.45, 7) is 5.46. The topological polar surface area (TPSA) is 30.5 Å². The third kappa shape index (κ3) is 4.64. The highest BCUT2D eigenvalue weighted by Crippen LogP contribution is 2.17. The zero-order valence-corrected chi connectivity index (χ0v) is 10.2. The van der Waals surface area contributed by atoms with Gasteiger partial charge in [-0.3, -0.25) is 0 Å². The van der Waals surface area contributed by atoms with Crippen LogP contribution in [0.3, 0.4) is 0 Å². The Morgan fingerprint density at radius 3 is 2.75 bits per heavy atom. The van der Waals surface area contributed by atoms with E-state index < -0.39 is 0 Å². The summed E-state index contributed by atoms with van der Waals surface area (Å²) in [6.07, 6.45) is 1.16. The molecule has 0 aliphatic carbocycles. The van der Waals surface area contributed by atoms with Crippen molar-refractivity contribution in [2.24, 2.45) is 0 Å². The lowest BCUT2D eigenvalue weighted by Gasteiger charge is -2.09. The van der Waals surface area contributed by atoms with Crippen LogP contribution in [0, 0.1) is 0 Å². The fourth-order valence-corrected chi connectivity index (χ4v) is 1.45. The molecule has 0 unspecified atom stereocenters. The summed E-state index contributed by atoms with van der Waals surface area (Å²) < 4.78 is 10.8. The summed E-state index contributed by atoms with van der Waals surface area (Å²) in [7, 11) is 1.68. The van der Waals surface area contributed by atoms with Gasteiger partial charge in [0.25, 0.3) is 0 Å². The molecule has 0 aromatic heterocycles. The van der Waals surface area contributed by atoms with Crippen molar-refractivity contribution < 1.29 is 9.47 Å². The maximum Gasteiger partial charge on any atom is 0.124 e. The van der Waals surface area contributed by atoms with Gasteiger partial charge in [-0.05, 0) is 19.0 Å². The Balaban J connectivity index is 2.21. The first-order valence-corrected chi connectivity index (χ1v) is 5.78. The van der Waals surface area contributed by atoms with Gasteiger partial charge in [0.05, 0.1) is 20.3 Å². The molecule has 0 amide bonds. The minimum absolute atomic E-state index is 0.609. The minimum atomic E-state index is 0.609. The normalized spacial score (nSPS) is 10.4. The number of hydrogen-bond acceptors (Lipinski definition) is 3. The molecule has 1 N–H and O–H groups in total. The SMILES string of the molecule is CCCNCCOCc1ccccc1OC. The third-order valence-electron chi connectivity index (χ3n) is 2.30. The van der Waals surface area contributed by atoms with Gasteiger partial charge in [0, 0.05) is 12.1 Å². The molecule has 0 aliphatic heterocycles. The van der Waals surface area contributed by atoms with E-state index in [9.17, 15) is 0 Å². The molecule has 3 heteroatoms. The van der Waals surface area contributed by atoms with Crippen molar-refractivity contribution in [3.8, 4) is 5.75 Å². The van der Waals surface area contributed by atoms with Crippen LogP contribution in [0.15, 0.2) is 24.3 Å². The fraction of sp³-hybridized carbons (Fsp3) is 0.538. The van der Waals surface area contributed by atoms with Gasteiger partial charge in [-0.1, -0.05) is 25.1 Å². The fourth-order valence-electron chi connectivity index (χ4n) is 1.45. The molecule has 0 heterocycles. The molecule has 3 nitrogen and oxygen atoms in total. The quantitative estimate of drug-likeness (QED) is 0.685. The van der Waals surface area contributed by atoms with E-state index in [1.807, 2.05) is 24.3 Å². The summed E-state index contributed by atoms with van der Waals surface area (Å²) in [6, 6.07) is 7.94. The lowest BCUT2D eigenvalue weighted by atomic mass is 10.2. The van der Waals surface area contributed by atoms with E-state index in [1.54, 1.807) is 7.11 Å². The minimum Gasteiger partial charge on any atom is -0.496 e. The van der Waals surface area contributed by atoms with Crippen molar-refractivity contribution in [1.29, 1.82) is 0 Å². The molecular weight excluding hydrogens is 202 g/mol. The Morgan fingerprint density at radius 1 is 1.19 bits per heavy atom. The van der Waals surface area contributed by atoms with Gasteiger partial charge in [-0.25, -0.2) is 0 Å². The summed E-state index contributed by atoms with van der Waals surface area (Å²) in [5, 5.41) is 3.29. The van der Waals surface area contributed by atoms with Crippen LogP contribution < -0.4 is 10.1 Å². The first-order chi connectivity index (χ1) is 7.88. The van der Waals surface area contributed by atoms with Gasteiger partial charge in [0.2, 0.25) is 0 Å². The van der Waals surface area contributed by atoms with Crippen LogP contribution >= 0.6 is 0 Å². The van der Waals surface area contributed by atoms with Gasteiger partial charge in [0.1, 0.15) is 5.75 Å². The largest absolute Gasteiger partial charge is 0.496 e. The zero-order valence-electron chi connectivity index (χ0n) is 10.2. The van der Waals surface area contributed by atoms with Crippen LogP contribution in [0.2, 0.25) is 0 Å². The molecule has 0 aliphatic rings. The zero-order chi connectivity index (χ0) is 11.6. The predicted octanol–water partition coefficient (Wildman–Crippen LogP) is 2.21. The third-order valence-corrected chi connectivity index (χ3v) is 2.30. The van der Waals surface area contributed by atoms with Crippen LogP contribution in [0.5, 0.6) is 5.75 Å². The molecule has 0 saturated carbocycles. The van der Waals surface area contributed by atoms with E-state index in [4.69, 9.17) is 9.47 Å². The Hall–Kier alpha value is -1.06. The Kier molecular flexibility index (Phi) is 6.61. The molecule has 16 heavy (non-hydrogen) atoms. The molecule has 90 valence electrons. The molecule has 0 radical (unpaired) electrons. The smallest absolute Gasteiger partial charge is 0.124 e. The van der Waals surface area contributed by atoms with E-state index in [0.717, 1.165) is 37.4 Å². The second-order valence-corrected chi connectivity index (χ2v) is 3.61. The number of hydrogen-bond donors (Lipinski definition) is 1. The number of ether oxygens (including phenoxy) is 2. The second-order valence-electron chi connectivity index (χ2n) is 3.61. The molecule has 0 bridgehead atoms. The van der Waals surface area contributed by atoms with Crippen LogP contribution in [0.1, 0.15) is 18.9 Å². The lowest BCUT2D eigenvalue weighted by Crippen LogP contribution is -2.20. The summed E-state index contributed by atoms with van der Waals surface area (Å²) in [5.74, 6) is 0.893. The van der Waals surface area contributed by atoms with E-state index in [1.165, 1.54) is 0 Å². The Labute approximate surface area is 97.8 Å². The van der Waals surface area contributed by atoms with Gasteiger partial charge in [-0.15, -0.1) is 0 Å².